The zero-order chi connectivity index (χ0) is 14.3. The summed E-state index contributed by atoms with van der Waals surface area (Å²) in [5, 5.41) is 3.46. The van der Waals surface area contributed by atoms with Gasteiger partial charge < -0.3 is 9.72 Å². The van der Waals surface area contributed by atoms with Crippen LogP contribution in [0.1, 0.15) is 18.4 Å². The number of benzene rings is 1. The second-order valence-corrected chi connectivity index (χ2v) is 4.78. The number of rotatable bonds is 2. The van der Waals surface area contributed by atoms with Gasteiger partial charge >= 0.3 is 0 Å². The first kappa shape index (κ1) is 12.7. The van der Waals surface area contributed by atoms with Crippen molar-refractivity contribution in [3.8, 4) is 0 Å². The van der Waals surface area contributed by atoms with Gasteiger partial charge in [-0.1, -0.05) is 6.92 Å². The summed E-state index contributed by atoms with van der Waals surface area (Å²) >= 11 is 0. The van der Waals surface area contributed by atoms with Gasteiger partial charge in [0, 0.05) is 30.1 Å². The second kappa shape index (κ2) is 4.63. The van der Waals surface area contributed by atoms with Crippen molar-refractivity contribution in [2.24, 2.45) is 4.99 Å². The maximum absolute atomic E-state index is 13.2. The molecule has 1 aliphatic rings. The fraction of sp³-hybridized carbons (Fsp3) is 0.286. The standard InChI is InChI=1S/C14H14FN3O2/c1-7(12-13(19)18-14(16-2)20-12)10-6-17-11-5-8(15)3-4-9(10)11/h3-7,12,17H,1-2H3,(H,16,18,19)/t7-,12+/m1/s1. The van der Waals surface area contributed by atoms with Crippen molar-refractivity contribution in [2.75, 3.05) is 7.05 Å². The number of nitrogens with zero attached hydrogens (tertiary/aromatic N) is 1. The zero-order valence-corrected chi connectivity index (χ0v) is 11.1. The van der Waals surface area contributed by atoms with Crippen LogP contribution in [-0.4, -0.2) is 30.1 Å². The summed E-state index contributed by atoms with van der Waals surface area (Å²) in [5.74, 6) is -0.683. The molecule has 0 bridgehead atoms. The number of aliphatic imine (C=N–C) groups is 1. The second-order valence-electron chi connectivity index (χ2n) is 4.78. The van der Waals surface area contributed by atoms with Gasteiger partial charge in [0.15, 0.2) is 6.10 Å². The highest BCUT2D eigenvalue weighted by atomic mass is 19.1. The van der Waals surface area contributed by atoms with Gasteiger partial charge in [-0.25, -0.2) is 9.38 Å². The molecule has 1 saturated heterocycles. The Morgan fingerprint density at radius 3 is 2.95 bits per heavy atom. The summed E-state index contributed by atoms with van der Waals surface area (Å²) in [6.45, 7) is 1.90. The fourth-order valence-electron chi connectivity index (χ4n) is 2.48. The number of hydrogen-bond donors (Lipinski definition) is 2. The summed E-state index contributed by atoms with van der Waals surface area (Å²) in [7, 11) is 1.55. The smallest absolute Gasteiger partial charge is 0.292 e. The number of ether oxygens (including phenoxy) is 1. The molecular formula is C14H14FN3O2. The molecule has 104 valence electrons. The summed E-state index contributed by atoms with van der Waals surface area (Å²) in [6, 6.07) is 4.77. The van der Waals surface area contributed by atoms with E-state index in [0.29, 0.717) is 5.52 Å². The van der Waals surface area contributed by atoms with Crippen LogP contribution in [0, 0.1) is 5.82 Å². The lowest BCUT2D eigenvalue weighted by atomic mass is 9.94. The largest absolute Gasteiger partial charge is 0.451 e. The van der Waals surface area contributed by atoms with Gasteiger partial charge in [0.2, 0.25) is 0 Å². The third-order valence-electron chi connectivity index (χ3n) is 3.55. The van der Waals surface area contributed by atoms with Crippen molar-refractivity contribution in [3.05, 3.63) is 35.8 Å². The van der Waals surface area contributed by atoms with Gasteiger partial charge in [0.1, 0.15) is 5.82 Å². The van der Waals surface area contributed by atoms with E-state index < -0.39 is 6.10 Å². The van der Waals surface area contributed by atoms with Crippen molar-refractivity contribution in [3.63, 3.8) is 0 Å². The molecule has 2 heterocycles. The number of carbonyl (C=O) groups is 1. The molecule has 2 N–H and O–H groups in total. The van der Waals surface area contributed by atoms with Gasteiger partial charge in [-0.15, -0.1) is 0 Å². The normalized spacial score (nSPS) is 22.1. The molecule has 1 aromatic heterocycles. The van der Waals surface area contributed by atoms with Crippen LogP contribution < -0.4 is 5.32 Å². The number of aromatic nitrogens is 1. The van der Waals surface area contributed by atoms with Crippen LogP contribution in [0.2, 0.25) is 0 Å². The van der Waals surface area contributed by atoms with E-state index in [0.717, 1.165) is 10.9 Å². The Morgan fingerprint density at radius 1 is 1.45 bits per heavy atom. The third-order valence-corrected chi connectivity index (χ3v) is 3.55. The van der Waals surface area contributed by atoms with E-state index in [2.05, 4.69) is 15.3 Å². The van der Waals surface area contributed by atoms with E-state index in [-0.39, 0.29) is 23.7 Å². The number of halogens is 1. The molecular weight excluding hydrogens is 261 g/mol. The average Bonchev–Trinajstić information content (AvgIpc) is 3.01. The predicted octanol–water partition coefficient (Wildman–Crippen LogP) is 1.91. The van der Waals surface area contributed by atoms with E-state index in [1.165, 1.54) is 12.1 Å². The minimum atomic E-state index is -0.627. The van der Waals surface area contributed by atoms with Crippen LogP contribution in [-0.2, 0) is 9.53 Å². The van der Waals surface area contributed by atoms with E-state index in [9.17, 15) is 9.18 Å². The van der Waals surface area contributed by atoms with Crippen molar-refractivity contribution >= 4 is 22.8 Å². The Labute approximate surface area is 114 Å². The fourth-order valence-corrected chi connectivity index (χ4v) is 2.48. The number of fused-ring (bicyclic) bond motifs is 1. The van der Waals surface area contributed by atoms with Crippen LogP contribution in [0.4, 0.5) is 4.39 Å². The van der Waals surface area contributed by atoms with Gasteiger partial charge in [0.05, 0.1) is 0 Å². The lowest BCUT2D eigenvalue weighted by Gasteiger charge is -2.15. The average molecular weight is 275 g/mol. The number of carbonyl (C=O) groups excluding carboxylic acids is 1. The van der Waals surface area contributed by atoms with Crippen molar-refractivity contribution in [2.45, 2.75) is 18.9 Å². The number of amides is 1. The first-order chi connectivity index (χ1) is 9.60. The number of hydrogen-bond acceptors (Lipinski definition) is 3. The molecule has 1 aliphatic heterocycles. The molecule has 0 spiro atoms. The minimum absolute atomic E-state index is 0.173. The molecule has 2 aromatic rings. The highest BCUT2D eigenvalue weighted by molar-refractivity contribution is 6.02. The van der Waals surface area contributed by atoms with Crippen LogP contribution in [0.15, 0.2) is 29.4 Å². The molecule has 20 heavy (non-hydrogen) atoms. The minimum Gasteiger partial charge on any atom is -0.451 e. The topological polar surface area (TPSA) is 66.5 Å². The molecule has 2 atom stereocenters. The Balaban J connectivity index is 1.97. The maximum atomic E-state index is 13.2. The van der Waals surface area contributed by atoms with E-state index in [1.807, 2.05) is 6.92 Å². The molecule has 1 fully saturated rings. The Hall–Kier alpha value is -2.37. The van der Waals surface area contributed by atoms with Gasteiger partial charge in [-0.2, -0.15) is 0 Å². The Bertz CT molecular complexity index is 708. The highest BCUT2D eigenvalue weighted by Crippen LogP contribution is 2.30. The number of nitrogens with one attached hydrogen (secondary N) is 2. The number of aromatic amines is 1. The first-order valence-corrected chi connectivity index (χ1v) is 6.31. The van der Waals surface area contributed by atoms with Crippen LogP contribution >= 0.6 is 0 Å². The molecule has 0 saturated carbocycles. The molecule has 0 radical (unpaired) electrons. The van der Waals surface area contributed by atoms with Crippen LogP contribution in [0.25, 0.3) is 10.9 Å². The van der Waals surface area contributed by atoms with Crippen LogP contribution in [0.3, 0.4) is 0 Å². The zero-order valence-electron chi connectivity index (χ0n) is 11.1. The highest BCUT2D eigenvalue weighted by Gasteiger charge is 2.36. The Morgan fingerprint density at radius 2 is 2.25 bits per heavy atom. The lowest BCUT2D eigenvalue weighted by Crippen LogP contribution is -2.28. The van der Waals surface area contributed by atoms with E-state index in [4.69, 9.17) is 4.74 Å². The molecule has 1 amide bonds. The molecule has 6 heteroatoms. The molecule has 1 aromatic carbocycles. The first-order valence-electron chi connectivity index (χ1n) is 6.31. The van der Waals surface area contributed by atoms with Gasteiger partial charge in [-0.3, -0.25) is 10.1 Å². The van der Waals surface area contributed by atoms with Crippen molar-refractivity contribution < 1.29 is 13.9 Å². The monoisotopic (exact) mass is 275 g/mol. The van der Waals surface area contributed by atoms with E-state index in [1.54, 1.807) is 19.3 Å². The third kappa shape index (κ3) is 1.93. The maximum Gasteiger partial charge on any atom is 0.292 e. The van der Waals surface area contributed by atoms with E-state index >= 15 is 0 Å². The van der Waals surface area contributed by atoms with Gasteiger partial charge in [0.25, 0.3) is 11.9 Å². The van der Waals surface area contributed by atoms with Crippen LogP contribution in [0.5, 0.6) is 0 Å². The predicted molar refractivity (Wildman–Crippen MR) is 73.0 cm³/mol. The van der Waals surface area contributed by atoms with Crippen molar-refractivity contribution in [1.29, 1.82) is 0 Å². The summed E-state index contributed by atoms with van der Waals surface area (Å²) in [6.07, 6.45) is 1.16. The number of H-pyrrole nitrogens is 1. The SMILES string of the molecule is CN=C1NC(=O)[C@H]([C@H](C)c2c[nH]c3cc(F)ccc23)O1. The molecule has 5 nitrogen and oxygen atoms in total. The lowest BCUT2D eigenvalue weighted by molar-refractivity contribution is -0.124. The molecule has 0 aliphatic carbocycles. The number of amidine groups is 1. The summed E-state index contributed by atoms with van der Waals surface area (Å²) < 4.78 is 18.7. The van der Waals surface area contributed by atoms with Gasteiger partial charge in [-0.05, 0) is 23.8 Å². The molecule has 0 unspecified atom stereocenters. The summed E-state index contributed by atoms with van der Waals surface area (Å²) in [4.78, 5) is 18.7. The summed E-state index contributed by atoms with van der Waals surface area (Å²) in [5.41, 5.74) is 1.62. The molecule has 3 rings (SSSR count). The van der Waals surface area contributed by atoms with Crippen molar-refractivity contribution in [1.82, 2.24) is 10.3 Å². The Kier molecular flexibility index (Phi) is 2.93. The quantitative estimate of drug-likeness (QED) is 0.879.